The van der Waals surface area contributed by atoms with E-state index >= 15 is 0 Å². The maximum Gasteiger partial charge on any atom is 0.00398 e. The van der Waals surface area contributed by atoms with Crippen molar-refractivity contribution in [3.8, 4) is 0 Å². The molecular weight excluding hydrogens is 136 g/mol. The summed E-state index contributed by atoms with van der Waals surface area (Å²) in [6, 6.07) is 0. The third-order valence-electron chi connectivity index (χ3n) is 1.36. The van der Waals surface area contributed by atoms with Gasteiger partial charge in [-0.25, -0.2) is 0 Å². The van der Waals surface area contributed by atoms with Gasteiger partial charge in [0.1, 0.15) is 0 Å². The van der Waals surface area contributed by atoms with Gasteiger partial charge in [0.2, 0.25) is 0 Å². The Labute approximate surface area is 62.9 Å². The molecule has 1 unspecified atom stereocenters. The smallest absolute Gasteiger partial charge is 0.00398 e. The van der Waals surface area contributed by atoms with E-state index in [1.807, 2.05) is 0 Å². The maximum atomic E-state index is 4.83. The molecule has 8 heavy (non-hydrogen) atoms. The summed E-state index contributed by atoms with van der Waals surface area (Å²) in [5, 5.41) is 0. The fraction of sp³-hybridized carbons (Fsp3) is 1.00. The molecule has 0 saturated heterocycles. The molecule has 0 aromatic heterocycles. The summed E-state index contributed by atoms with van der Waals surface area (Å²) in [6.07, 6.45) is 2.38. The van der Waals surface area contributed by atoms with E-state index in [1.165, 1.54) is 6.42 Å². The minimum absolute atomic E-state index is 0.760. The van der Waals surface area contributed by atoms with Crippen LogP contribution in [0.3, 0.4) is 0 Å². The standard InChI is InChI=1S/C6H13S2/c1-2-6(5-8)3-4-7/h6,8H,2-5H2,1H3. The Morgan fingerprint density at radius 1 is 1.62 bits per heavy atom. The van der Waals surface area contributed by atoms with E-state index in [0.717, 1.165) is 23.8 Å². The van der Waals surface area contributed by atoms with E-state index < -0.39 is 0 Å². The minimum atomic E-state index is 0.760. The van der Waals surface area contributed by atoms with Crippen molar-refractivity contribution in [2.75, 3.05) is 11.5 Å². The Bertz CT molecular complexity index is 41.8. The highest BCUT2D eigenvalue weighted by Crippen LogP contribution is 2.09. The molecule has 49 valence electrons. The van der Waals surface area contributed by atoms with Crippen LogP contribution in [0, 0.1) is 5.92 Å². The normalized spacial score (nSPS) is 13.9. The van der Waals surface area contributed by atoms with Crippen molar-refractivity contribution in [1.29, 1.82) is 0 Å². The Kier molecular flexibility index (Phi) is 6.34. The summed E-state index contributed by atoms with van der Waals surface area (Å²) < 4.78 is 0. The molecule has 0 heterocycles. The fourth-order valence-electron chi connectivity index (χ4n) is 0.591. The molecule has 2 heteroatoms. The first kappa shape index (κ1) is 8.70. The minimum Gasteiger partial charge on any atom is -0.179 e. The van der Waals surface area contributed by atoms with Gasteiger partial charge in [0, 0.05) is 5.75 Å². The highest BCUT2D eigenvalue weighted by molar-refractivity contribution is 7.80. The van der Waals surface area contributed by atoms with Gasteiger partial charge in [-0.05, 0) is 18.1 Å². The largest absolute Gasteiger partial charge is 0.179 e. The van der Waals surface area contributed by atoms with Crippen molar-refractivity contribution in [3.63, 3.8) is 0 Å². The van der Waals surface area contributed by atoms with Gasteiger partial charge in [0.25, 0.3) is 0 Å². The number of rotatable bonds is 4. The lowest BCUT2D eigenvalue weighted by Crippen LogP contribution is -2.00. The van der Waals surface area contributed by atoms with Crippen molar-refractivity contribution >= 4 is 25.3 Å². The molecule has 0 rings (SSSR count). The maximum absolute atomic E-state index is 4.83. The van der Waals surface area contributed by atoms with Crippen LogP contribution in [0.2, 0.25) is 0 Å². The second kappa shape index (κ2) is 5.83. The molecule has 0 aliphatic carbocycles. The summed E-state index contributed by atoms with van der Waals surface area (Å²) >= 11 is 9.01. The lowest BCUT2D eigenvalue weighted by Gasteiger charge is -2.07. The number of thiol groups is 1. The van der Waals surface area contributed by atoms with Crippen LogP contribution in [0.4, 0.5) is 0 Å². The predicted molar refractivity (Wildman–Crippen MR) is 44.7 cm³/mol. The molecule has 0 bridgehead atoms. The lowest BCUT2D eigenvalue weighted by molar-refractivity contribution is 0.560. The van der Waals surface area contributed by atoms with Crippen molar-refractivity contribution in [2.24, 2.45) is 5.92 Å². The average molecular weight is 149 g/mol. The molecule has 0 spiro atoms. The van der Waals surface area contributed by atoms with E-state index in [-0.39, 0.29) is 0 Å². The Morgan fingerprint density at radius 3 is 2.38 bits per heavy atom. The van der Waals surface area contributed by atoms with E-state index in [4.69, 9.17) is 12.6 Å². The van der Waals surface area contributed by atoms with Gasteiger partial charge in [-0.2, -0.15) is 12.6 Å². The molecule has 1 atom stereocenters. The van der Waals surface area contributed by atoms with Gasteiger partial charge < -0.3 is 0 Å². The average Bonchev–Trinajstić information content (AvgIpc) is 1.83. The Balaban J connectivity index is 3.07. The second-order valence-corrected chi connectivity index (χ2v) is 2.72. The molecule has 0 nitrogen and oxygen atoms in total. The molecule has 0 aromatic rings. The zero-order chi connectivity index (χ0) is 6.41. The molecule has 0 aromatic carbocycles. The van der Waals surface area contributed by atoms with E-state index in [1.54, 1.807) is 0 Å². The Morgan fingerprint density at radius 2 is 2.25 bits per heavy atom. The molecule has 0 aliphatic heterocycles. The molecule has 0 saturated carbocycles. The summed E-state index contributed by atoms with van der Waals surface area (Å²) in [5.74, 6) is 2.64. The zero-order valence-corrected chi connectivity index (χ0v) is 6.97. The van der Waals surface area contributed by atoms with E-state index in [9.17, 15) is 0 Å². The molecule has 0 aliphatic rings. The Hall–Kier alpha value is 0.700. The first-order valence-corrected chi connectivity index (χ1v) is 4.25. The van der Waals surface area contributed by atoms with Gasteiger partial charge in [0.05, 0.1) is 0 Å². The summed E-state index contributed by atoms with van der Waals surface area (Å²) in [5.41, 5.74) is 0. The van der Waals surface area contributed by atoms with Crippen LogP contribution in [0.5, 0.6) is 0 Å². The third kappa shape index (κ3) is 3.67. The van der Waals surface area contributed by atoms with E-state index in [2.05, 4.69) is 19.6 Å². The molecule has 0 fully saturated rings. The monoisotopic (exact) mass is 149 g/mol. The van der Waals surface area contributed by atoms with Crippen LogP contribution in [-0.4, -0.2) is 11.5 Å². The molecule has 0 N–H and O–H groups in total. The van der Waals surface area contributed by atoms with Gasteiger partial charge in [0.15, 0.2) is 0 Å². The quantitative estimate of drug-likeness (QED) is 0.583. The topological polar surface area (TPSA) is 0 Å². The third-order valence-corrected chi connectivity index (χ3v) is 2.11. The summed E-state index contributed by atoms with van der Waals surface area (Å²) in [7, 11) is 0. The van der Waals surface area contributed by atoms with Gasteiger partial charge in [-0.15, -0.1) is 0 Å². The van der Waals surface area contributed by atoms with Crippen molar-refractivity contribution in [3.05, 3.63) is 0 Å². The van der Waals surface area contributed by atoms with Crippen molar-refractivity contribution in [2.45, 2.75) is 19.8 Å². The second-order valence-electron chi connectivity index (χ2n) is 1.95. The van der Waals surface area contributed by atoms with Crippen molar-refractivity contribution in [1.82, 2.24) is 0 Å². The van der Waals surface area contributed by atoms with Crippen LogP contribution in [0.1, 0.15) is 19.8 Å². The zero-order valence-electron chi connectivity index (χ0n) is 5.26. The predicted octanol–water partition coefficient (Wildman–Crippen LogP) is 2.53. The molecule has 0 amide bonds. The van der Waals surface area contributed by atoms with Crippen LogP contribution >= 0.6 is 25.3 Å². The van der Waals surface area contributed by atoms with Gasteiger partial charge in [-0.3, -0.25) is 0 Å². The van der Waals surface area contributed by atoms with Crippen LogP contribution in [0.25, 0.3) is 0 Å². The summed E-state index contributed by atoms with van der Waals surface area (Å²) in [6.45, 7) is 2.19. The summed E-state index contributed by atoms with van der Waals surface area (Å²) in [4.78, 5) is 0. The van der Waals surface area contributed by atoms with Gasteiger partial charge in [-0.1, -0.05) is 26.0 Å². The van der Waals surface area contributed by atoms with Crippen LogP contribution in [-0.2, 0) is 0 Å². The highest BCUT2D eigenvalue weighted by atomic mass is 32.1. The molecule has 1 radical (unpaired) electrons. The SMILES string of the molecule is CCC(CS)CC[S]. The first-order chi connectivity index (χ1) is 3.85. The van der Waals surface area contributed by atoms with Crippen LogP contribution < -0.4 is 0 Å². The van der Waals surface area contributed by atoms with Crippen molar-refractivity contribution < 1.29 is 0 Å². The highest BCUT2D eigenvalue weighted by Gasteiger charge is 2.00. The number of hydrogen-bond acceptors (Lipinski definition) is 1. The van der Waals surface area contributed by atoms with E-state index in [0.29, 0.717) is 0 Å². The van der Waals surface area contributed by atoms with Gasteiger partial charge >= 0.3 is 0 Å². The van der Waals surface area contributed by atoms with Crippen LogP contribution in [0.15, 0.2) is 0 Å². The number of hydrogen-bond donors (Lipinski definition) is 1. The fourth-order valence-corrected chi connectivity index (χ4v) is 1.37. The first-order valence-electron chi connectivity index (χ1n) is 3.04. The molecular formula is C6H13S2. The lowest BCUT2D eigenvalue weighted by atomic mass is 10.1.